The molecule has 0 saturated carbocycles. The molecule has 5 heteroatoms. The van der Waals surface area contributed by atoms with Crippen LogP contribution in [0.25, 0.3) is 0 Å². The molecule has 1 aromatic carbocycles. The van der Waals surface area contributed by atoms with Crippen LogP contribution in [0.3, 0.4) is 0 Å². The summed E-state index contributed by atoms with van der Waals surface area (Å²) in [5.74, 6) is -0.437. The maximum atomic E-state index is 13.5. The summed E-state index contributed by atoms with van der Waals surface area (Å²) in [6, 6.07) is 2.77. The highest BCUT2D eigenvalue weighted by Gasteiger charge is 2.31. The van der Waals surface area contributed by atoms with Gasteiger partial charge in [0.2, 0.25) is 0 Å². The Morgan fingerprint density at radius 2 is 2.06 bits per heavy atom. The van der Waals surface area contributed by atoms with Crippen molar-refractivity contribution in [1.29, 1.82) is 0 Å². The monoisotopic (exact) mass is 247 g/mol. The highest BCUT2D eigenvalue weighted by Crippen LogP contribution is 2.30. The predicted molar refractivity (Wildman–Crippen MR) is 56.1 cm³/mol. The van der Waals surface area contributed by atoms with E-state index in [9.17, 15) is 17.6 Å². The summed E-state index contributed by atoms with van der Waals surface area (Å²) < 4.78 is 50.5. The molecule has 1 atom stereocenters. The SMILES string of the molecule is Fc1cc(C(F)(F)F)ccc1CC1CCNC1. The molecule has 1 aliphatic rings. The normalized spacial score (nSPS) is 20.8. The summed E-state index contributed by atoms with van der Waals surface area (Å²) in [5, 5.41) is 3.15. The summed E-state index contributed by atoms with van der Waals surface area (Å²) in [6.45, 7) is 1.70. The van der Waals surface area contributed by atoms with Gasteiger partial charge in [0.25, 0.3) is 0 Å². The molecule has 0 radical (unpaired) electrons. The number of rotatable bonds is 2. The largest absolute Gasteiger partial charge is 0.416 e. The highest BCUT2D eigenvalue weighted by molar-refractivity contribution is 5.26. The average Bonchev–Trinajstić information content (AvgIpc) is 2.72. The minimum absolute atomic E-state index is 0.321. The lowest BCUT2D eigenvalue weighted by molar-refractivity contribution is -0.137. The second-order valence-corrected chi connectivity index (χ2v) is 4.37. The van der Waals surface area contributed by atoms with Crippen LogP contribution >= 0.6 is 0 Å². The molecule has 1 aliphatic heterocycles. The van der Waals surface area contributed by atoms with Crippen LogP contribution in [0.1, 0.15) is 17.5 Å². The molecule has 1 unspecified atom stereocenters. The zero-order chi connectivity index (χ0) is 12.5. The summed E-state index contributed by atoms with van der Waals surface area (Å²) in [7, 11) is 0. The van der Waals surface area contributed by atoms with Crippen LogP contribution in [-0.2, 0) is 12.6 Å². The van der Waals surface area contributed by atoms with Crippen molar-refractivity contribution < 1.29 is 17.6 Å². The van der Waals surface area contributed by atoms with Crippen LogP contribution in [0.15, 0.2) is 18.2 Å². The van der Waals surface area contributed by atoms with E-state index >= 15 is 0 Å². The van der Waals surface area contributed by atoms with Gasteiger partial charge >= 0.3 is 6.18 Å². The third-order valence-electron chi connectivity index (χ3n) is 3.05. The number of halogens is 4. The van der Waals surface area contributed by atoms with Gasteiger partial charge in [-0.15, -0.1) is 0 Å². The van der Waals surface area contributed by atoms with E-state index < -0.39 is 17.6 Å². The van der Waals surface area contributed by atoms with Gasteiger partial charge < -0.3 is 5.32 Å². The van der Waals surface area contributed by atoms with E-state index in [4.69, 9.17) is 0 Å². The van der Waals surface area contributed by atoms with Crippen molar-refractivity contribution in [2.24, 2.45) is 5.92 Å². The van der Waals surface area contributed by atoms with Crippen molar-refractivity contribution in [3.63, 3.8) is 0 Å². The third kappa shape index (κ3) is 2.97. The molecule has 17 heavy (non-hydrogen) atoms. The first-order chi connectivity index (χ1) is 7.97. The second-order valence-electron chi connectivity index (χ2n) is 4.37. The van der Waals surface area contributed by atoms with Crippen molar-refractivity contribution in [2.45, 2.75) is 19.0 Å². The van der Waals surface area contributed by atoms with Crippen LogP contribution in [-0.4, -0.2) is 13.1 Å². The summed E-state index contributed by atoms with van der Waals surface area (Å²) in [5.41, 5.74) is -0.560. The molecule has 1 N–H and O–H groups in total. The Kier molecular flexibility index (Phi) is 3.38. The van der Waals surface area contributed by atoms with Gasteiger partial charge in [-0.05, 0) is 49.5 Å². The lowest BCUT2D eigenvalue weighted by Crippen LogP contribution is -2.12. The molecule has 0 amide bonds. The summed E-state index contributed by atoms with van der Waals surface area (Å²) >= 11 is 0. The standard InChI is InChI=1S/C12H13F4N/c13-11-6-10(12(14,15)16)2-1-9(11)5-8-3-4-17-7-8/h1-2,6,8,17H,3-5,7H2. The summed E-state index contributed by atoms with van der Waals surface area (Å²) in [6.07, 6.45) is -3.04. The minimum atomic E-state index is -4.48. The van der Waals surface area contributed by atoms with E-state index in [0.29, 0.717) is 24.0 Å². The molecule has 94 valence electrons. The zero-order valence-corrected chi connectivity index (χ0v) is 9.15. The molecule has 2 rings (SSSR count). The number of hydrogen-bond acceptors (Lipinski definition) is 1. The molecule has 1 saturated heterocycles. The van der Waals surface area contributed by atoms with Crippen LogP contribution in [0.5, 0.6) is 0 Å². The molecule has 0 aliphatic carbocycles. The van der Waals surface area contributed by atoms with Crippen molar-refractivity contribution in [2.75, 3.05) is 13.1 Å². The van der Waals surface area contributed by atoms with Gasteiger partial charge in [-0.1, -0.05) is 6.07 Å². The van der Waals surface area contributed by atoms with Gasteiger partial charge in [0.1, 0.15) is 5.82 Å². The molecule has 0 aromatic heterocycles. The molecule has 1 aromatic rings. The fourth-order valence-corrected chi connectivity index (χ4v) is 2.09. The van der Waals surface area contributed by atoms with Gasteiger partial charge in [0, 0.05) is 0 Å². The zero-order valence-electron chi connectivity index (χ0n) is 9.15. The van der Waals surface area contributed by atoms with Crippen LogP contribution in [0, 0.1) is 11.7 Å². The predicted octanol–water partition coefficient (Wildman–Crippen LogP) is 3.00. The summed E-state index contributed by atoms with van der Waals surface area (Å²) in [4.78, 5) is 0. The molecule has 0 bridgehead atoms. The van der Waals surface area contributed by atoms with Gasteiger partial charge in [-0.3, -0.25) is 0 Å². The molecular formula is C12H13F4N. The molecule has 1 nitrogen and oxygen atoms in total. The second kappa shape index (κ2) is 4.64. The fraction of sp³-hybridized carbons (Fsp3) is 0.500. The fourth-order valence-electron chi connectivity index (χ4n) is 2.09. The Hall–Kier alpha value is -1.10. The van der Waals surface area contributed by atoms with E-state index in [-0.39, 0.29) is 0 Å². The lowest BCUT2D eigenvalue weighted by atomic mass is 9.97. The lowest BCUT2D eigenvalue weighted by Gasteiger charge is -2.11. The smallest absolute Gasteiger partial charge is 0.316 e. The van der Waals surface area contributed by atoms with Gasteiger partial charge in [-0.25, -0.2) is 4.39 Å². The van der Waals surface area contributed by atoms with E-state index in [1.54, 1.807) is 0 Å². The maximum Gasteiger partial charge on any atom is 0.416 e. The Balaban J connectivity index is 2.14. The first kappa shape index (κ1) is 12.4. The number of nitrogens with one attached hydrogen (secondary N) is 1. The van der Waals surface area contributed by atoms with E-state index in [0.717, 1.165) is 25.6 Å². The van der Waals surface area contributed by atoms with Gasteiger partial charge in [0.05, 0.1) is 5.56 Å². The first-order valence-electron chi connectivity index (χ1n) is 5.53. The Morgan fingerprint density at radius 1 is 1.29 bits per heavy atom. The van der Waals surface area contributed by atoms with Crippen molar-refractivity contribution >= 4 is 0 Å². The van der Waals surface area contributed by atoms with Crippen molar-refractivity contribution in [3.8, 4) is 0 Å². The van der Waals surface area contributed by atoms with Crippen molar-refractivity contribution in [3.05, 3.63) is 35.1 Å². The Morgan fingerprint density at radius 3 is 2.59 bits per heavy atom. The average molecular weight is 247 g/mol. The van der Waals surface area contributed by atoms with Gasteiger partial charge in [-0.2, -0.15) is 13.2 Å². The Bertz CT molecular complexity index is 394. The molecule has 0 spiro atoms. The highest BCUT2D eigenvalue weighted by atomic mass is 19.4. The Labute approximate surface area is 96.8 Å². The molecular weight excluding hydrogens is 234 g/mol. The number of hydrogen-bond donors (Lipinski definition) is 1. The topological polar surface area (TPSA) is 12.0 Å². The molecule has 1 heterocycles. The van der Waals surface area contributed by atoms with E-state index in [1.807, 2.05) is 0 Å². The van der Waals surface area contributed by atoms with Crippen LogP contribution in [0.4, 0.5) is 17.6 Å². The number of benzene rings is 1. The third-order valence-corrected chi connectivity index (χ3v) is 3.05. The van der Waals surface area contributed by atoms with Crippen LogP contribution in [0.2, 0.25) is 0 Å². The first-order valence-corrected chi connectivity index (χ1v) is 5.53. The van der Waals surface area contributed by atoms with Crippen molar-refractivity contribution in [1.82, 2.24) is 5.32 Å². The minimum Gasteiger partial charge on any atom is -0.316 e. The van der Waals surface area contributed by atoms with Crippen LogP contribution < -0.4 is 5.32 Å². The number of alkyl halides is 3. The van der Waals surface area contributed by atoms with Gasteiger partial charge in [0.15, 0.2) is 0 Å². The molecule has 1 fully saturated rings. The maximum absolute atomic E-state index is 13.5. The van der Waals surface area contributed by atoms with E-state index in [1.165, 1.54) is 6.07 Å². The quantitative estimate of drug-likeness (QED) is 0.792. The van der Waals surface area contributed by atoms with E-state index in [2.05, 4.69) is 5.32 Å².